The highest BCUT2D eigenvalue weighted by atomic mass is 16.1. The van der Waals surface area contributed by atoms with E-state index >= 15 is 0 Å². The van der Waals surface area contributed by atoms with Gasteiger partial charge in [-0.1, -0.05) is 60.7 Å². The van der Waals surface area contributed by atoms with Gasteiger partial charge in [0.15, 0.2) is 5.65 Å². The highest BCUT2D eigenvalue weighted by Crippen LogP contribution is 2.20. The maximum Gasteiger partial charge on any atom is 0.273 e. The summed E-state index contributed by atoms with van der Waals surface area (Å²) in [5.41, 5.74) is 5.46. The van der Waals surface area contributed by atoms with Crippen LogP contribution in [0.5, 0.6) is 0 Å². The molecule has 0 radical (unpaired) electrons. The van der Waals surface area contributed by atoms with Crippen LogP contribution in [0.15, 0.2) is 71.5 Å². The first-order chi connectivity index (χ1) is 11.7. The van der Waals surface area contributed by atoms with Crippen molar-refractivity contribution in [1.29, 1.82) is 0 Å². The van der Waals surface area contributed by atoms with E-state index in [0.717, 1.165) is 23.2 Å². The SMILES string of the molecule is Cc1[nH]n2c(=O)cc(-c3ccccc3)nc2c1Cc1ccccc1. The molecular formula is C20H17N3O. The molecular weight excluding hydrogens is 298 g/mol. The van der Waals surface area contributed by atoms with Gasteiger partial charge in [-0.2, -0.15) is 0 Å². The summed E-state index contributed by atoms with van der Waals surface area (Å²) >= 11 is 0. The smallest absolute Gasteiger partial charge is 0.273 e. The van der Waals surface area contributed by atoms with E-state index in [1.54, 1.807) is 6.07 Å². The number of nitrogens with one attached hydrogen (secondary N) is 1. The first kappa shape index (κ1) is 14.5. The Hall–Kier alpha value is -3.14. The van der Waals surface area contributed by atoms with Crippen molar-refractivity contribution in [1.82, 2.24) is 14.6 Å². The Kier molecular flexibility index (Phi) is 3.50. The van der Waals surface area contributed by atoms with Gasteiger partial charge in [-0.15, -0.1) is 0 Å². The van der Waals surface area contributed by atoms with Gasteiger partial charge in [0.25, 0.3) is 5.56 Å². The standard InChI is InChI=1S/C20H17N3O/c1-14-17(12-15-8-4-2-5-9-15)20-21-18(13-19(24)23(20)22-14)16-10-6-3-7-11-16/h2-11,13,22H,12H2,1H3. The van der Waals surface area contributed by atoms with E-state index in [2.05, 4.69) is 17.2 Å². The van der Waals surface area contributed by atoms with E-state index in [9.17, 15) is 4.79 Å². The second-order valence-electron chi connectivity index (χ2n) is 5.88. The van der Waals surface area contributed by atoms with Crippen molar-refractivity contribution in [2.75, 3.05) is 0 Å². The topological polar surface area (TPSA) is 50.2 Å². The quantitative estimate of drug-likeness (QED) is 0.628. The van der Waals surface area contributed by atoms with Crippen LogP contribution in [0.1, 0.15) is 16.8 Å². The monoisotopic (exact) mass is 315 g/mol. The summed E-state index contributed by atoms with van der Waals surface area (Å²) in [5, 5.41) is 3.14. The number of aromatic nitrogens is 3. The Bertz CT molecular complexity index is 1050. The number of rotatable bonds is 3. The fraction of sp³-hybridized carbons (Fsp3) is 0.100. The second kappa shape index (κ2) is 5.81. The predicted molar refractivity (Wildman–Crippen MR) is 95.2 cm³/mol. The minimum Gasteiger partial charge on any atom is -0.294 e. The molecule has 2 aromatic heterocycles. The van der Waals surface area contributed by atoms with Crippen LogP contribution in [0.2, 0.25) is 0 Å². The van der Waals surface area contributed by atoms with Crippen molar-refractivity contribution in [3.8, 4) is 11.3 Å². The molecule has 4 nitrogen and oxygen atoms in total. The van der Waals surface area contributed by atoms with E-state index in [0.29, 0.717) is 11.3 Å². The molecule has 2 aromatic carbocycles. The molecule has 0 atom stereocenters. The van der Waals surface area contributed by atoms with Crippen LogP contribution in [0.25, 0.3) is 16.9 Å². The normalized spacial score (nSPS) is 11.0. The summed E-state index contributed by atoms with van der Waals surface area (Å²) in [7, 11) is 0. The van der Waals surface area contributed by atoms with Gasteiger partial charge < -0.3 is 0 Å². The Labute approximate surface area is 139 Å². The molecule has 4 aromatic rings. The molecule has 0 saturated carbocycles. The molecule has 0 bridgehead atoms. The van der Waals surface area contributed by atoms with Gasteiger partial charge in [0.1, 0.15) is 0 Å². The van der Waals surface area contributed by atoms with Crippen molar-refractivity contribution < 1.29 is 0 Å². The van der Waals surface area contributed by atoms with Gasteiger partial charge in [0, 0.05) is 29.3 Å². The van der Waals surface area contributed by atoms with Gasteiger partial charge >= 0.3 is 0 Å². The highest BCUT2D eigenvalue weighted by Gasteiger charge is 2.14. The number of aryl methyl sites for hydroxylation is 1. The Morgan fingerprint density at radius 3 is 2.38 bits per heavy atom. The van der Waals surface area contributed by atoms with Crippen molar-refractivity contribution in [3.63, 3.8) is 0 Å². The van der Waals surface area contributed by atoms with E-state index in [4.69, 9.17) is 4.98 Å². The van der Waals surface area contributed by atoms with Crippen LogP contribution in [0, 0.1) is 6.92 Å². The van der Waals surface area contributed by atoms with Crippen LogP contribution >= 0.6 is 0 Å². The minimum atomic E-state index is -0.0961. The van der Waals surface area contributed by atoms with E-state index in [1.165, 1.54) is 10.1 Å². The Morgan fingerprint density at radius 1 is 1.00 bits per heavy atom. The largest absolute Gasteiger partial charge is 0.294 e. The second-order valence-corrected chi connectivity index (χ2v) is 5.88. The van der Waals surface area contributed by atoms with Crippen molar-refractivity contribution in [3.05, 3.63) is 93.9 Å². The first-order valence-corrected chi connectivity index (χ1v) is 7.93. The molecule has 4 heteroatoms. The number of aromatic amines is 1. The maximum absolute atomic E-state index is 12.5. The molecule has 0 unspecified atom stereocenters. The number of nitrogens with zero attached hydrogens (tertiary/aromatic N) is 2. The molecule has 0 saturated heterocycles. The molecule has 0 amide bonds. The molecule has 118 valence electrons. The zero-order valence-corrected chi connectivity index (χ0v) is 13.4. The number of fused-ring (bicyclic) bond motifs is 1. The molecule has 0 spiro atoms. The molecule has 0 aliphatic heterocycles. The fourth-order valence-electron chi connectivity index (χ4n) is 2.96. The number of hydrogen-bond donors (Lipinski definition) is 1. The zero-order valence-electron chi connectivity index (χ0n) is 13.4. The summed E-state index contributed by atoms with van der Waals surface area (Å²) in [6.07, 6.45) is 0.740. The van der Waals surface area contributed by atoms with Crippen LogP contribution < -0.4 is 5.56 Å². The summed E-state index contributed by atoms with van der Waals surface area (Å²) in [5.74, 6) is 0. The summed E-state index contributed by atoms with van der Waals surface area (Å²) in [4.78, 5) is 17.2. The van der Waals surface area contributed by atoms with Crippen LogP contribution in [-0.2, 0) is 6.42 Å². The van der Waals surface area contributed by atoms with Crippen molar-refractivity contribution in [2.24, 2.45) is 0 Å². The third kappa shape index (κ3) is 2.52. The van der Waals surface area contributed by atoms with Crippen LogP contribution in [-0.4, -0.2) is 14.6 Å². The van der Waals surface area contributed by atoms with Gasteiger partial charge in [0.05, 0.1) is 5.69 Å². The summed E-state index contributed by atoms with van der Waals surface area (Å²) < 4.78 is 1.53. The van der Waals surface area contributed by atoms with Crippen LogP contribution in [0.4, 0.5) is 0 Å². The van der Waals surface area contributed by atoms with E-state index < -0.39 is 0 Å². The first-order valence-electron chi connectivity index (χ1n) is 7.93. The average Bonchev–Trinajstić information content (AvgIpc) is 2.93. The third-order valence-corrected chi connectivity index (χ3v) is 4.21. The lowest BCUT2D eigenvalue weighted by Gasteiger charge is -2.03. The average molecular weight is 315 g/mol. The molecule has 4 rings (SSSR count). The Morgan fingerprint density at radius 2 is 1.67 bits per heavy atom. The predicted octanol–water partition coefficient (Wildman–Crippen LogP) is 3.59. The van der Waals surface area contributed by atoms with Gasteiger partial charge in [-0.3, -0.25) is 9.89 Å². The van der Waals surface area contributed by atoms with Gasteiger partial charge in [-0.25, -0.2) is 9.50 Å². The van der Waals surface area contributed by atoms with Crippen molar-refractivity contribution in [2.45, 2.75) is 13.3 Å². The minimum absolute atomic E-state index is 0.0961. The maximum atomic E-state index is 12.5. The summed E-state index contributed by atoms with van der Waals surface area (Å²) in [6, 6.07) is 21.6. The number of hydrogen-bond acceptors (Lipinski definition) is 2. The lowest BCUT2D eigenvalue weighted by molar-refractivity contribution is 0.882. The lowest BCUT2D eigenvalue weighted by Crippen LogP contribution is -2.14. The molecule has 2 heterocycles. The van der Waals surface area contributed by atoms with Crippen LogP contribution in [0.3, 0.4) is 0 Å². The fourth-order valence-corrected chi connectivity index (χ4v) is 2.96. The molecule has 1 N–H and O–H groups in total. The van der Waals surface area contributed by atoms with E-state index in [-0.39, 0.29) is 5.56 Å². The molecule has 0 aliphatic rings. The third-order valence-electron chi connectivity index (χ3n) is 4.21. The lowest BCUT2D eigenvalue weighted by atomic mass is 10.1. The zero-order chi connectivity index (χ0) is 16.5. The number of benzene rings is 2. The number of H-pyrrole nitrogens is 1. The molecule has 0 aliphatic carbocycles. The molecule has 24 heavy (non-hydrogen) atoms. The Balaban J connectivity index is 1.90. The van der Waals surface area contributed by atoms with Crippen molar-refractivity contribution >= 4 is 5.65 Å². The van der Waals surface area contributed by atoms with Gasteiger partial charge in [-0.05, 0) is 12.5 Å². The summed E-state index contributed by atoms with van der Waals surface area (Å²) in [6.45, 7) is 1.98. The van der Waals surface area contributed by atoms with Gasteiger partial charge in [0.2, 0.25) is 0 Å². The molecule has 0 fully saturated rings. The van der Waals surface area contributed by atoms with E-state index in [1.807, 2.05) is 55.5 Å². The highest BCUT2D eigenvalue weighted by molar-refractivity contribution is 5.63.